The molecule has 0 aliphatic rings. The van der Waals surface area contributed by atoms with Crippen LogP contribution in [0, 0.1) is 0 Å². The maximum atomic E-state index is 12.6. The van der Waals surface area contributed by atoms with E-state index in [1.54, 1.807) is 0 Å². The van der Waals surface area contributed by atoms with E-state index in [0.29, 0.717) is 0 Å². The number of nitrogens with two attached hydrogens (primary N) is 1. The van der Waals surface area contributed by atoms with Crippen LogP contribution in [0.2, 0.25) is 0 Å². The molecule has 0 saturated heterocycles. The van der Waals surface area contributed by atoms with Gasteiger partial charge in [-0.25, -0.2) is 13.8 Å². The van der Waals surface area contributed by atoms with Crippen LogP contribution in [0.5, 0.6) is 5.75 Å². The molecule has 9 heteroatoms. The molecule has 0 unspecified atom stereocenters. The third-order valence-electron chi connectivity index (χ3n) is 1.94. The van der Waals surface area contributed by atoms with E-state index in [2.05, 4.69) is 9.72 Å². The van der Waals surface area contributed by atoms with Crippen molar-refractivity contribution in [1.82, 2.24) is 4.98 Å². The molecule has 3 N–H and O–H groups in total. The molecule has 0 amide bonds. The lowest BCUT2D eigenvalue weighted by Gasteiger charge is -2.16. The molecule has 0 fully saturated rings. The highest BCUT2D eigenvalue weighted by atomic mass is 19.4. The fourth-order valence-corrected chi connectivity index (χ4v) is 1.28. The van der Waals surface area contributed by atoms with Gasteiger partial charge in [0.25, 0.3) is 6.43 Å². The first-order chi connectivity index (χ1) is 8.28. The zero-order valence-corrected chi connectivity index (χ0v) is 8.84. The summed E-state index contributed by atoms with van der Waals surface area (Å²) >= 11 is 0. The predicted octanol–water partition coefficient (Wildman–Crippen LogP) is 1.87. The highest BCUT2D eigenvalue weighted by Crippen LogP contribution is 2.35. The van der Waals surface area contributed by atoms with Crippen LogP contribution in [-0.4, -0.2) is 16.5 Å². The Labute approximate surface area is 98.2 Å². The summed E-state index contributed by atoms with van der Waals surface area (Å²) in [5.74, 6) is -1.11. The Hall–Kier alpha value is -1.48. The number of halogens is 5. The van der Waals surface area contributed by atoms with Crippen LogP contribution in [-0.2, 0) is 13.2 Å². The topological polar surface area (TPSA) is 68.4 Å². The average Bonchev–Trinajstić information content (AvgIpc) is 2.26. The summed E-state index contributed by atoms with van der Waals surface area (Å²) in [6.07, 6.45) is -8.41. The van der Waals surface area contributed by atoms with Crippen LogP contribution >= 0.6 is 0 Å². The third kappa shape index (κ3) is 3.50. The Morgan fingerprint density at radius 2 is 2.00 bits per heavy atom. The van der Waals surface area contributed by atoms with Gasteiger partial charge in [0.2, 0.25) is 0 Å². The number of ether oxygens (including phenoxy) is 1. The second-order valence-electron chi connectivity index (χ2n) is 3.20. The summed E-state index contributed by atoms with van der Waals surface area (Å²) in [6, 6.07) is 0.979. The molecule has 0 saturated carbocycles. The first-order valence-electron chi connectivity index (χ1n) is 4.66. The van der Waals surface area contributed by atoms with Gasteiger partial charge in [-0.15, -0.1) is 13.2 Å². The number of hydrogen-bond donors (Lipinski definition) is 2. The van der Waals surface area contributed by atoms with Crippen molar-refractivity contribution in [2.45, 2.75) is 25.9 Å². The molecule has 0 atom stereocenters. The quantitative estimate of drug-likeness (QED) is 0.821. The number of nitrogens with zero attached hydrogens (tertiary/aromatic N) is 1. The lowest BCUT2D eigenvalue weighted by Crippen LogP contribution is -2.21. The Kier molecular flexibility index (Phi) is 4.41. The second kappa shape index (κ2) is 5.44. The van der Waals surface area contributed by atoms with Gasteiger partial charge < -0.3 is 15.6 Å². The minimum Gasteiger partial charge on any atom is -0.403 e. The van der Waals surface area contributed by atoms with Crippen LogP contribution in [0.1, 0.15) is 23.4 Å². The fraction of sp³-hybridized carbons (Fsp3) is 0.444. The molecule has 0 radical (unpaired) electrons. The van der Waals surface area contributed by atoms with Crippen molar-refractivity contribution in [3.63, 3.8) is 0 Å². The van der Waals surface area contributed by atoms with E-state index in [1.165, 1.54) is 0 Å². The van der Waals surface area contributed by atoms with E-state index in [-0.39, 0.29) is 11.3 Å². The lowest BCUT2D eigenvalue weighted by atomic mass is 10.1. The number of aliphatic hydroxyl groups excluding tert-OH is 1. The minimum atomic E-state index is -5.13. The Morgan fingerprint density at radius 1 is 1.39 bits per heavy atom. The van der Waals surface area contributed by atoms with Gasteiger partial charge in [-0.1, -0.05) is 0 Å². The van der Waals surface area contributed by atoms with Gasteiger partial charge in [0.1, 0.15) is 5.69 Å². The lowest BCUT2D eigenvalue weighted by molar-refractivity contribution is -0.275. The van der Waals surface area contributed by atoms with E-state index in [4.69, 9.17) is 10.8 Å². The van der Waals surface area contributed by atoms with Gasteiger partial charge in [0, 0.05) is 12.1 Å². The standard InChI is InChI=1S/C9H9F5N2O2/c10-8(11)6-7(18-9(12,13)14)4(2-15)1-5(3-17)16-6/h1,8,17H,2-3,15H2. The summed E-state index contributed by atoms with van der Waals surface area (Å²) in [5.41, 5.74) is 3.45. The maximum absolute atomic E-state index is 12.6. The van der Waals surface area contributed by atoms with E-state index in [0.717, 1.165) is 6.07 Å². The molecular formula is C9H9F5N2O2. The minimum absolute atomic E-state index is 0.208. The van der Waals surface area contributed by atoms with E-state index in [9.17, 15) is 22.0 Å². The largest absolute Gasteiger partial charge is 0.573 e. The van der Waals surface area contributed by atoms with Crippen molar-refractivity contribution in [2.24, 2.45) is 5.73 Å². The zero-order valence-electron chi connectivity index (χ0n) is 8.84. The van der Waals surface area contributed by atoms with Crippen LogP contribution in [0.4, 0.5) is 22.0 Å². The molecule has 1 aromatic rings. The van der Waals surface area contributed by atoms with Crippen LogP contribution < -0.4 is 10.5 Å². The van der Waals surface area contributed by atoms with Crippen LogP contribution in [0.3, 0.4) is 0 Å². The summed E-state index contributed by atoms with van der Waals surface area (Å²) < 4.78 is 65.0. The van der Waals surface area contributed by atoms with Crippen molar-refractivity contribution in [1.29, 1.82) is 0 Å². The summed E-state index contributed by atoms with van der Waals surface area (Å²) in [4.78, 5) is 3.20. The third-order valence-corrected chi connectivity index (χ3v) is 1.94. The Balaban J connectivity index is 3.35. The molecule has 4 nitrogen and oxygen atoms in total. The molecule has 0 spiro atoms. The second-order valence-corrected chi connectivity index (χ2v) is 3.20. The number of aromatic nitrogens is 1. The monoisotopic (exact) mass is 272 g/mol. The van der Waals surface area contributed by atoms with Crippen LogP contribution in [0.15, 0.2) is 6.07 Å². The molecule has 102 valence electrons. The van der Waals surface area contributed by atoms with Gasteiger partial charge in [-0.2, -0.15) is 0 Å². The highest BCUT2D eigenvalue weighted by molar-refractivity contribution is 5.40. The number of hydrogen-bond acceptors (Lipinski definition) is 4. The van der Waals surface area contributed by atoms with Crippen molar-refractivity contribution in [2.75, 3.05) is 0 Å². The van der Waals surface area contributed by atoms with E-state index in [1.807, 2.05) is 0 Å². The number of rotatable bonds is 4. The van der Waals surface area contributed by atoms with Gasteiger partial charge in [0.05, 0.1) is 12.3 Å². The molecule has 0 aromatic carbocycles. The maximum Gasteiger partial charge on any atom is 0.573 e. The van der Waals surface area contributed by atoms with Gasteiger partial charge >= 0.3 is 6.36 Å². The molecule has 1 rings (SSSR count). The smallest absolute Gasteiger partial charge is 0.403 e. The number of pyridine rings is 1. The van der Waals surface area contributed by atoms with E-state index >= 15 is 0 Å². The molecule has 0 bridgehead atoms. The molecule has 18 heavy (non-hydrogen) atoms. The fourth-order valence-electron chi connectivity index (χ4n) is 1.28. The molecule has 0 aliphatic heterocycles. The zero-order chi connectivity index (χ0) is 13.9. The first kappa shape index (κ1) is 14.6. The summed E-state index contributed by atoms with van der Waals surface area (Å²) in [5, 5.41) is 8.78. The van der Waals surface area contributed by atoms with Crippen molar-refractivity contribution in [3.05, 3.63) is 23.0 Å². The Morgan fingerprint density at radius 3 is 2.39 bits per heavy atom. The molecule has 0 aliphatic carbocycles. The number of alkyl halides is 5. The van der Waals surface area contributed by atoms with Gasteiger partial charge in [-0.3, -0.25) is 0 Å². The molecular weight excluding hydrogens is 263 g/mol. The highest BCUT2D eigenvalue weighted by Gasteiger charge is 2.35. The molecule has 1 aromatic heterocycles. The summed E-state index contributed by atoms with van der Waals surface area (Å²) in [7, 11) is 0. The summed E-state index contributed by atoms with van der Waals surface area (Å²) in [6.45, 7) is -1.15. The normalized spacial score (nSPS) is 12.0. The van der Waals surface area contributed by atoms with Crippen molar-refractivity contribution >= 4 is 0 Å². The first-order valence-corrected chi connectivity index (χ1v) is 4.66. The average molecular weight is 272 g/mol. The van der Waals surface area contributed by atoms with Crippen molar-refractivity contribution in [3.8, 4) is 5.75 Å². The predicted molar refractivity (Wildman–Crippen MR) is 49.7 cm³/mol. The van der Waals surface area contributed by atoms with Gasteiger partial charge in [-0.05, 0) is 6.07 Å². The number of aliphatic hydroxyl groups is 1. The van der Waals surface area contributed by atoms with Crippen LogP contribution in [0.25, 0.3) is 0 Å². The molecule has 1 heterocycles. The SMILES string of the molecule is NCc1cc(CO)nc(C(F)F)c1OC(F)(F)F. The van der Waals surface area contributed by atoms with Gasteiger partial charge in [0.15, 0.2) is 5.75 Å². The van der Waals surface area contributed by atoms with Crippen molar-refractivity contribution < 1.29 is 31.8 Å². The van der Waals surface area contributed by atoms with E-state index < -0.39 is 37.4 Å². The Bertz CT molecular complexity index is 422.